The number of carbonyl (C=O) groups excluding carboxylic acids is 2. The van der Waals surface area contributed by atoms with Crippen LogP contribution in [-0.4, -0.2) is 42.4 Å². The Morgan fingerprint density at radius 1 is 1.09 bits per heavy atom. The Balaban J connectivity index is 1.69. The summed E-state index contributed by atoms with van der Waals surface area (Å²) in [5.41, 5.74) is -1.32. The third-order valence-corrected chi connectivity index (χ3v) is 8.61. The number of ether oxygens (including phenoxy) is 2. The van der Waals surface area contributed by atoms with Crippen molar-refractivity contribution in [1.29, 1.82) is 0 Å². The summed E-state index contributed by atoms with van der Waals surface area (Å²) in [6.07, 6.45) is 9.65. The van der Waals surface area contributed by atoms with E-state index in [0.29, 0.717) is 24.7 Å². The number of alkyl halides is 2. The smallest absolute Gasteiger partial charge is 0.402 e. The van der Waals surface area contributed by atoms with E-state index in [9.17, 15) is 26.8 Å². The zero-order valence-electron chi connectivity index (χ0n) is 18.6. The molecule has 3 fully saturated rings. The van der Waals surface area contributed by atoms with Gasteiger partial charge in [-0.05, 0) is 69.6 Å². The minimum atomic E-state index is -5.68. The minimum Gasteiger partial charge on any atom is -0.459 e. The van der Waals surface area contributed by atoms with Gasteiger partial charge in [0.15, 0.2) is 6.61 Å². The summed E-state index contributed by atoms with van der Waals surface area (Å²) in [7, 11) is -5.68. The third kappa shape index (κ3) is 5.61. The molecule has 0 heterocycles. The molecule has 2 bridgehead atoms. The normalized spacial score (nSPS) is 30.0. The molecule has 0 spiro atoms. The Morgan fingerprint density at radius 3 is 2.22 bits per heavy atom. The number of hydrogen-bond donors (Lipinski definition) is 1. The van der Waals surface area contributed by atoms with Crippen LogP contribution >= 0.6 is 0 Å². The second-order valence-electron chi connectivity index (χ2n) is 9.99. The fourth-order valence-corrected chi connectivity index (χ4v) is 6.15. The Morgan fingerprint density at radius 2 is 1.69 bits per heavy atom. The van der Waals surface area contributed by atoms with Gasteiger partial charge in [0.25, 0.3) is 0 Å². The van der Waals surface area contributed by atoms with Crippen molar-refractivity contribution in [2.45, 2.75) is 101 Å². The molecule has 0 amide bonds. The highest BCUT2D eigenvalue weighted by Crippen LogP contribution is 2.52. The molecule has 10 heteroatoms. The van der Waals surface area contributed by atoms with E-state index in [4.69, 9.17) is 9.29 Å². The predicted octanol–water partition coefficient (Wildman–Crippen LogP) is 4.64. The van der Waals surface area contributed by atoms with Gasteiger partial charge in [0.1, 0.15) is 5.60 Å². The number of halogens is 2. The molecular weight excluding hydrogens is 446 g/mol. The Kier molecular flexibility index (Phi) is 7.54. The maximum absolute atomic E-state index is 13.5. The van der Waals surface area contributed by atoms with Gasteiger partial charge in [0, 0.05) is 6.42 Å². The van der Waals surface area contributed by atoms with E-state index in [2.05, 4.69) is 4.74 Å². The van der Waals surface area contributed by atoms with Crippen LogP contribution in [0.25, 0.3) is 0 Å². The molecule has 2 atom stereocenters. The number of hydrogen-bond acceptors (Lipinski definition) is 6. The molecular formula is C22H34F2O7S. The van der Waals surface area contributed by atoms with E-state index >= 15 is 0 Å². The van der Waals surface area contributed by atoms with E-state index in [1.54, 1.807) is 0 Å². The first-order chi connectivity index (χ1) is 14.9. The standard InChI is InChI=1S/C22H34F2O7S/c1-2-21(9-3-4-10-21)31-19(26)20(13-16-6-5-7-17(12-16)14-20)11-8-18(25)30-15-22(23,24)32(27,28)29/h16-17H,2-15H2,1H3,(H,27,28,29). The second kappa shape index (κ2) is 9.52. The summed E-state index contributed by atoms with van der Waals surface area (Å²) in [4.78, 5) is 25.7. The molecule has 1 N–H and O–H groups in total. The van der Waals surface area contributed by atoms with Crippen LogP contribution in [0.1, 0.15) is 90.4 Å². The minimum absolute atomic E-state index is 0.120. The average Bonchev–Trinajstić information content (AvgIpc) is 3.18. The summed E-state index contributed by atoms with van der Waals surface area (Å²) in [6.45, 7) is 0.250. The number of carbonyl (C=O) groups is 2. The lowest BCUT2D eigenvalue weighted by atomic mass is 9.59. The molecule has 2 unspecified atom stereocenters. The van der Waals surface area contributed by atoms with Gasteiger partial charge in [0.05, 0.1) is 5.41 Å². The first-order valence-electron chi connectivity index (χ1n) is 11.6. The molecule has 32 heavy (non-hydrogen) atoms. The topological polar surface area (TPSA) is 107 Å². The monoisotopic (exact) mass is 480 g/mol. The average molecular weight is 481 g/mol. The Hall–Kier alpha value is -1.29. The van der Waals surface area contributed by atoms with Crippen LogP contribution in [0.4, 0.5) is 8.78 Å². The van der Waals surface area contributed by atoms with Crippen molar-refractivity contribution in [1.82, 2.24) is 0 Å². The molecule has 0 aliphatic heterocycles. The lowest BCUT2D eigenvalue weighted by molar-refractivity contribution is -0.179. The highest BCUT2D eigenvalue weighted by molar-refractivity contribution is 7.86. The van der Waals surface area contributed by atoms with Crippen molar-refractivity contribution >= 4 is 22.1 Å². The van der Waals surface area contributed by atoms with Crippen LogP contribution in [0, 0.1) is 17.3 Å². The van der Waals surface area contributed by atoms with E-state index in [0.717, 1.165) is 57.8 Å². The molecule has 184 valence electrons. The maximum Gasteiger partial charge on any atom is 0.402 e. The summed E-state index contributed by atoms with van der Waals surface area (Å²) in [6, 6.07) is 0. The lowest BCUT2D eigenvalue weighted by Crippen LogP contribution is -2.46. The molecule has 3 rings (SSSR count). The van der Waals surface area contributed by atoms with Crippen molar-refractivity contribution in [3.8, 4) is 0 Å². The van der Waals surface area contributed by atoms with Gasteiger partial charge in [-0.2, -0.15) is 17.2 Å². The molecule has 0 saturated heterocycles. The Bertz CT molecular complexity index is 793. The van der Waals surface area contributed by atoms with Crippen molar-refractivity contribution in [3.63, 3.8) is 0 Å². The first kappa shape index (κ1) is 25.3. The predicted molar refractivity (Wildman–Crippen MR) is 111 cm³/mol. The van der Waals surface area contributed by atoms with Crippen molar-refractivity contribution < 1.29 is 40.8 Å². The van der Waals surface area contributed by atoms with E-state index in [1.807, 2.05) is 6.92 Å². The van der Waals surface area contributed by atoms with Crippen LogP contribution in [0.2, 0.25) is 0 Å². The van der Waals surface area contributed by atoms with Crippen molar-refractivity contribution in [2.75, 3.05) is 6.61 Å². The third-order valence-electron chi connectivity index (χ3n) is 7.74. The maximum atomic E-state index is 13.5. The molecule has 3 aliphatic rings. The SMILES string of the molecule is CCC1(OC(=O)C2(CCC(=O)OCC(F)(F)S(=O)(=O)O)CC3CCCC(C3)C2)CCCC1. The van der Waals surface area contributed by atoms with E-state index in [1.165, 1.54) is 0 Å². The molecule has 0 aromatic rings. The molecule has 0 radical (unpaired) electrons. The molecule has 3 saturated carbocycles. The second-order valence-corrected chi connectivity index (χ2v) is 11.5. The summed E-state index contributed by atoms with van der Waals surface area (Å²) in [5, 5.41) is -4.57. The summed E-state index contributed by atoms with van der Waals surface area (Å²) >= 11 is 0. The lowest BCUT2D eigenvalue weighted by Gasteiger charge is -2.47. The van der Waals surface area contributed by atoms with Gasteiger partial charge in [-0.15, -0.1) is 0 Å². The van der Waals surface area contributed by atoms with Crippen LogP contribution in [0.15, 0.2) is 0 Å². The van der Waals surface area contributed by atoms with Gasteiger partial charge in [-0.1, -0.05) is 26.2 Å². The van der Waals surface area contributed by atoms with Gasteiger partial charge < -0.3 is 9.47 Å². The summed E-state index contributed by atoms with van der Waals surface area (Å²) in [5.74, 6) is -0.580. The molecule has 7 nitrogen and oxygen atoms in total. The fourth-order valence-electron chi connectivity index (χ4n) is 5.94. The fraction of sp³-hybridized carbons (Fsp3) is 0.909. The number of rotatable bonds is 9. The molecule has 0 aromatic heterocycles. The van der Waals surface area contributed by atoms with E-state index in [-0.39, 0.29) is 18.8 Å². The van der Waals surface area contributed by atoms with Crippen molar-refractivity contribution in [3.05, 3.63) is 0 Å². The van der Waals surface area contributed by atoms with E-state index < -0.39 is 39.0 Å². The van der Waals surface area contributed by atoms with Crippen LogP contribution in [-0.2, 0) is 29.2 Å². The molecule has 3 aliphatic carbocycles. The first-order valence-corrected chi connectivity index (χ1v) is 13.1. The van der Waals surface area contributed by atoms with Gasteiger partial charge in [0.2, 0.25) is 0 Å². The van der Waals surface area contributed by atoms with Crippen LogP contribution in [0.5, 0.6) is 0 Å². The molecule has 0 aromatic carbocycles. The number of fused-ring (bicyclic) bond motifs is 2. The summed E-state index contributed by atoms with van der Waals surface area (Å²) < 4.78 is 67.2. The van der Waals surface area contributed by atoms with Crippen LogP contribution < -0.4 is 0 Å². The highest BCUT2D eigenvalue weighted by Gasteiger charge is 2.51. The quantitative estimate of drug-likeness (QED) is 0.378. The Labute approximate surface area is 188 Å². The van der Waals surface area contributed by atoms with Gasteiger partial charge in [-0.25, -0.2) is 0 Å². The van der Waals surface area contributed by atoms with Gasteiger partial charge in [-0.3, -0.25) is 14.1 Å². The number of esters is 2. The zero-order chi connectivity index (χ0) is 23.6. The van der Waals surface area contributed by atoms with Gasteiger partial charge >= 0.3 is 27.3 Å². The van der Waals surface area contributed by atoms with Crippen LogP contribution in [0.3, 0.4) is 0 Å². The zero-order valence-corrected chi connectivity index (χ0v) is 19.4. The highest BCUT2D eigenvalue weighted by atomic mass is 32.2. The van der Waals surface area contributed by atoms with Crippen molar-refractivity contribution in [2.24, 2.45) is 17.3 Å². The largest absolute Gasteiger partial charge is 0.459 e.